The Kier molecular flexibility index (Phi) is 7.52. The number of Topliss-reactive ketones (excluding diaryl/α,β-unsaturated/α-hetero) is 1. The molecule has 106 valence electrons. The van der Waals surface area contributed by atoms with Crippen molar-refractivity contribution in [2.75, 3.05) is 12.4 Å². The first-order chi connectivity index (χ1) is 9.67. The van der Waals surface area contributed by atoms with Gasteiger partial charge in [-0.2, -0.15) is 12.6 Å². The molecule has 0 radical (unpaired) electrons. The molecular weight excluding hydrogens is 272 g/mol. The van der Waals surface area contributed by atoms with Crippen LogP contribution in [0.3, 0.4) is 0 Å². The van der Waals surface area contributed by atoms with Crippen molar-refractivity contribution in [3.8, 4) is 11.8 Å². The monoisotopic (exact) mass is 290 g/mol. The average Bonchev–Trinajstić information content (AvgIpc) is 2.46. The van der Waals surface area contributed by atoms with Crippen molar-refractivity contribution >= 4 is 24.4 Å². The third kappa shape index (κ3) is 5.94. The predicted octanol–water partition coefficient (Wildman–Crippen LogP) is 2.88. The molecule has 0 heterocycles. The maximum absolute atomic E-state index is 11.9. The first-order valence-corrected chi connectivity index (χ1v) is 7.19. The standard InChI is InChI=1S/C16H18O3S/c1-2-19-16(18)11-10-15(17)14-8-6-13(7-9-14)5-3-4-12-20/h6-9,20H,2,4,10-12H2,1H3. The van der Waals surface area contributed by atoms with Crippen molar-refractivity contribution in [1.82, 2.24) is 0 Å². The summed E-state index contributed by atoms with van der Waals surface area (Å²) >= 11 is 4.08. The molecule has 0 amide bonds. The minimum Gasteiger partial charge on any atom is -0.466 e. The van der Waals surface area contributed by atoms with Gasteiger partial charge in [0.15, 0.2) is 5.78 Å². The molecular formula is C16H18O3S. The van der Waals surface area contributed by atoms with E-state index in [4.69, 9.17) is 4.74 Å². The summed E-state index contributed by atoms with van der Waals surface area (Å²) in [5.41, 5.74) is 1.46. The number of ether oxygens (including phenoxy) is 1. The van der Waals surface area contributed by atoms with Gasteiger partial charge in [-0.1, -0.05) is 24.0 Å². The van der Waals surface area contributed by atoms with Crippen LogP contribution < -0.4 is 0 Å². The highest BCUT2D eigenvalue weighted by molar-refractivity contribution is 7.80. The molecule has 0 saturated carbocycles. The van der Waals surface area contributed by atoms with E-state index in [1.807, 2.05) is 12.1 Å². The van der Waals surface area contributed by atoms with Gasteiger partial charge in [0.05, 0.1) is 13.0 Å². The molecule has 20 heavy (non-hydrogen) atoms. The zero-order valence-corrected chi connectivity index (χ0v) is 12.4. The normalized spacial score (nSPS) is 9.50. The van der Waals surface area contributed by atoms with Gasteiger partial charge in [0, 0.05) is 29.7 Å². The number of hydrogen-bond acceptors (Lipinski definition) is 4. The number of hydrogen-bond donors (Lipinski definition) is 1. The van der Waals surface area contributed by atoms with Crippen molar-refractivity contribution in [3.63, 3.8) is 0 Å². The molecule has 0 aliphatic carbocycles. The van der Waals surface area contributed by atoms with E-state index in [9.17, 15) is 9.59 Å². The smallest absolute Gasteiger partial charge is 0.306 e. The fraction of sp³-hybridized carbons (Fsp3) is 0.375. The second-order valence-electron chi connectivity index (χ2n) is 4.08. The average molecular weight is 290 g/mol. The Hall–Kier alpha value is -1.73. The van der Waals surface area contributed by atoms with E-state index in [-0.39, 0.29) is 24.6 Å². The summed E-state index contributed by atoms with van der Waals surface area (Å²) in [7, 11) is 0. The number of rotatable bonds is 6. The molecule has 3 nitrogen and oxygen atoms in total. The molecule has 1 aromatic carbocycles. The van der Waals surface area contributed by atoms with E-state index in [1.165, 1.54) is 0 Å². The molecule has 1 aromatic rings. The maximum Gasteiger partial charge on any atom is 0.306 e. The van der Waals surface area contributed by atoms with Gasteiger partial charge < -0.3 is 4.74 Å². The number of benzene rings is 1. The molecule has 0 aromatic heterocycles. The van der Waals surface area contributed by atoms with Crippen LogP contribution in [0.4, 0.5) is 0 Å². The second-order valence-corrected chi connectivity index (χ2v) is 4.53. The van der Waals surface area contributed by atoms with Crippen LogP contribution in [0.1, 0.15) is 42.1 Å². The SMILES string of the molecule is CCOC(=O)CCC(=O)c1ccc(C#CCCS)cc1. The molecule has 0 atom stereocenters. The summed E-state index contributed by atoms with van der Waals surface area (Å²) in [5, 5.41) is 0. The Morgan fingerprint density at radius 2 is 1.90 bits per heavy atom. The summed E-state index contributed by atoms with van der Waals surface area (Å²) in [6.07, 6.45) is 1.03. The lowest BCUT2D eigenvalue weighted by molar-refractivity contribution is -0.143. The first kappa shape index (κ1) is 16.3. The first-order valence-electron chi connectivity index (χ1n) is 6.56. The lowest BCUT2D eigenvalue weighted by atomic mass is 10.0. The minimum atomic E-state index is -0.338. The number of ketones is 1. The van der Waals surface area contributed by atoms with Gasteiger partial charge in [-0.25, -0.2) is 0 Å². The van der Waals surface area contributed by atoms with E-state index < -0.39 is 0 Å². The zero-order chi connectivity index (χ0) is 14.8. The fourth-order valence-corrected chi connectivity index (χ4v) is 1.66. The Balaban J connectivity index is 2.54. The van der Waals surface area contributed by atoms with Crippen molar-refractivity contribution < 1.29 is 14.3 Å². The summed E-state index contributed by atoms with van der Waals surface area (Å²) < 4.78 is 4.79. The lowest BCUT2D eigenvalue weighted by Gasteiger charge is -2.02. The fourth-order valence-electron chi connectivity index (χ4n) is 1.55. The van der Waals surface area contributed by atoms with Gasteiger partial charge in [-0.05, 0) is 19.1 Å². The molecule has 0 aliphatic rings. The predicted molar refractivity (Wildman–Crippen MR) is 82.0 cm³/mol. The van der Waals surface area contributed by atoms with E-state index in [0.29, 0.717) is 12.2 Å². The molecule has 0 saturated heterocycles. The van der Waals surface area contributed by atoms with Crippen LogP contribution in [0, 0.1) is 11.8 Å². The molecule has 1 rings (SSSR count). The largest absolute Gasteiger partial charge is 0.466 e. The van der Waals surface area contributed by atoms with Gasteiger partial charge in [-0.15, -0.1) is 0 Å². The molecule has 4 heteroatoms. The highest BCUT2D eigenvalue weighted by atomic mass is 32.1. The number of thiol groups is 1. The Labute approximate surface area is 125 Å². The van der Waals surface area contributed by atoms with Gasteiger partial charge in [0.2, 0.25) is 0 Å². The van der Waals surface area contributed by atoms with Crippen LogP contribution in [-0.2, 0) is 9.53 Å². The van der Waals surface area contributed by atoms with Crippen LogP contribution in [0.5, 0.6) is 0 Å². The minimum absolute atomic E-state index is 0.0621. The number of carbonyl (C=O) groups excluding carboxylic acids is 2. The van der Waals surface area contributed by atoms with E-state index in [1.54, 1.807) is 19.1 Å². The Morgan fingerprint density at radius 1 is 1.20 bits per heavy atom. The van der Waals surface area contributed by atoms with Gasteiger partial charge in [0.1, 0.15) is 0 Å². The van der Waals surface area contributed by atoms with Crippen molar-refractivity contribution in [3.05, 3.63) is 35.4 Å². The van der Waals surface area contributed by atoms with E-state index in [2.05, 4.69) is 24.5 Å². The molecule has 0 unspecified atom stereocenters. The quantitative estimate of drug-likeness (QED) is 0.379. The van der Waals surface area contributed by atoms with Crippen molar-refractivity contribution in [1.29, 1.82) is 0 Å². The van der Waals surface area contributed by atoms with Gasteiger partial charge >= 0.3 is 5.97 Å². The Bertz CT molecular complexity index is 509. The van der Waals surface area contributed by atoms with Crippen LogP contribution in [0.2, 0.25) is 0 Å². The summed E-state index contributed by atoms with van der Waals surface area (Å²) in [6.45, 7) is 2.08. The van der Waals surface area contributed by atoms with E-state index in [0.717, 1.165) is 17.7 Å². The van der Waals surface area contributed by atoms with Gasteiger partial charge in [0.25, 0.3) is 0 Å². The molecule has 0 bridgehead atoms. The molecule has 0 fully saturated rings. The topological polar surface area (TPSA) is 43.4 Å². The third-order valence-corrected chi connectivity index (χ3v) is 2.76. The summed E-state index contributed by atoms with van der Waals surface area (Å²) in [5.74, 6) is 6.31. The van der Waals surface area contributed by atoms with Crippen LogP contribution in [0.15, 0.2) is 24.3 Å². The second kappa shape index (κ2) is 9.22. The van der Waals surface area contributed by atoms with Gasteiger partial charge in [-0.3, -0.25) is 9.59 Å². The van der Waals surface area contributed by atoms with Crippen molar-refractivity contribution in [2.24, 2.45) is 0 Å². The van der Waals surface area contributed by atoms with Crippen LogP contribution in [-0.4, -0.2) is 24.1 Å². The molecule has 0 spiro atoms. The van der Waals surface area contributed by atoms with Crippen LogP contribution in [0.25, 0.3) is 0 Å². The summed E-state index contributed by atoms with van der Waals surface area (Å²) in [6, 6.07) is 7.09. The van der Waals surface area contributed by atoms with E-state index >= 15 is 0 Å². The van der Waals surface area contributed by atoms with Crippen molar-refractivity contribution in [2.45, 2.75) is 26.2 Å². The highest BCUT2D eigenvalue weighted by Gasteiger charge is 2.09. The number of carbonyl (C=O) groups is 2. The summed E-state index contributed by atoms with van der Waals surface area (Å²) in [4.78, 5) is 23.1. The molecule has 0 N–H and O–H groups in total. The third-order valence-electron chi connectivity index (χ3n) is 2.54. The molecule has 0 aliphatic heterocycles. The lowest BCUT2D eigenvalue weighted by Crippen LogP contribution is -2.07. The highest BCUT2D eigenvalue weighted by Crippen LogP contribution is 2.08. The number of esters is 1. The Morgan fingerprint density at radius 3 is 2.50 bits per heavy atom. The zero-order valence-electron chi connectivity index (χ0n) is 11.5. The van der Waals surface area contributed by atoms with Crippen LogP contribution >= 0.6 is 12.6 Å². The maximum atomic E-state index is 11.9.